The van der Waals surface area contributed by atoms with Crippen molar-refractivity contribution in [2.45, 2.75) is 19.4 Å². The molecule has 0 bridgehead atoms. The van der Waals surface area contributed by atoms with Gasteiger partial charge in [0.1, 0.15) is 0 Å². The Labute approximate surface area is 151 Å². The third-order valence-electron chi connectivity index (χ3n) is 4.58. The molecule has 2 aromatic rings. The summed E-state index contributed by atoms with van der Waals surface area (Å²) in [7, 11) is 1.87. The van der Waals surface area contributed by atoms with Crippen LogP contribution >= 0.6 is 0 Å². The van der Waals surface area contributed by atoms with Gasteiger partial charge in [-0.3, -0.25) is 0 Å². The fourth-order valence-electron chi connectivity index (χ4n) is 3.11. The second-order valence-corrected chi connectivity index (χ2v) is 6.23. The highest BCUT2D eigenvalue weighted by Gasteiger charge is 2.26. The number of hydrogen-bond donors (Lipinski definition) is 2. The van der Waals surface area contributed by atoms with Gasteiger partial charge in [0, 0.05) is 37.5 Å². The SMILES string of the molecule is Cc1cc(C#N)ccc1/C(C=N)=C1\CC(N(C)c2ncc(F)cn2)CN1. The number of hydrogen-bond acceptors (Lipinski definition) is 6. The average Bonchev–Trinajstić information content (AvgIpc) is 3.13. The molecule has 26 heavy (non-hydrogen) atoms. The number of nitriles is 1. The third kappa shape index (κ3) is 3.40. The van der Waals surface area contributed by atoms with Gasteiger partial charge in [0.15, 0.2) is 5.82 Å². The first-order valence-corrected chi connectivity index (χ1v) is 8.22. The third-order valence-corrected chi connectivity index (χ3v) is 4.58. The molecule has 0 radical (unpaired) electrons. The number of benzene rings is 1. The summed E-state index contributed by atoms with van der Waals surface area (Å²) in [6.07, 6.45) is 4.34. The van der Waals surface area contributed by atoms with Crippen molar-refractivity contribution in [1.29, 1.82) is 10.7 Å². The molecule has 1 fully saturated rings. The molecule has 7 heteroatoms. The van der Waals surface area contributed by atoms with Gasteiger partial charge in [-0.25, -0.2) is 14.4 Å². The fourth-order valence-corrected chi connectivity index (χ4v) is 3.11. The first-order chi connectivity index (χ1) is 12.5. The van der Waals surface area contributed by atoms with Crippen molar-refractivity contribution in [3.63, 3.8) is 0 Å². The predicted octanol–water partition coefficient (Wildman–Crippen LogP) is 2.65. The van der Waals surface area contributed by atoms with Crippen LogP contribution in [0.4, 0.5) is 10.3 Å². The van der Waals surface area contributed by atoms with Gasteiger partial charge in [0.25, 0.3) is 0 Å². The van der Waals surface area contributed by atoms with E-state index in [0.29, 0.717) is 24.5 Å². The van der Waals surface area contributed by atoms with E-state index in [2.05, 4.69) is 21.4 Å². The van der Waals surface area contributed by atoms with Crippen molar-refractivity contribution >= 4 is 17.7 Å². The number of anilines is 1. The van der Waals surface area contributed by atoms with E-state index in [1.54, 1.807) is 6.07 Å². The molecule has 1 atom stereocenters. The number of nitrogens with zero attached hydrogens (tertiary/aromatic N) is 4. The molecule has 0 amide bonds. The topological polar surface area (TPSA) is 88.7 Å². The van der Waals surface area contributed by atoms with Gasteiger partial charge in [-0.15, -0.1) is 0 Å². The Morgan fingerprint density at radius 3 is 2.77 bits per heavy atom. The standard InChI is InChI=1S/C19H19FN6/c1-12-5-13(7-21)3-4-16(12)17(8-22)18-6-15(11-23-18)26(2)19-24-9-14(20)10-25-19/h3-5,8-10,15,22-23H,6,11H2,1-2H3/b18-17+,22-8?. The van der Waals surface area contributed by atoms with E-state index in [9.17, 15) is 4.39 Å². The number of nitrogens with one attached hydrogen (secondary N) is 2. The molecule has 1 unspecified atom stereocenters. The van der Waals surface area contributed by atoms with Crippen molar-refractivity contribution in [3.8, 4) is 6.07 Å². The van der Waals surface area contributed by atoms with Gasteiger partial charge in [0.05, 0.1) is 30.1 Å². The molecule has 3 rings (SSSR count). The van der Waals surface area contributed by atoms with E-state index in [1.807, 2.05) is 31.0 Å². The molecule has 2 N–H and O–H groups in total. The van der Waals surface area contributed by atoms with Crippen LogP contribution in [0.25, 0.3) is 5.57 Å². The Morgan fingerprint density at radius 2 is 2.15 bits per heavy atom. The Kier molecular flexibility index (Phi) is 4.94. The summed E-state index contributed by atoms with van der Waals surface area (Å²) in [4.78, 5) is 9.96. The number of likely N-dealkylation sites (N-methyl/N-ethyl adjacent to an activating group) is 1. The molecule has 1 aliphatic rings. The van der Waals surface area contributed by atoms with Crippen molar-refractivity contribution in [1.82, 2.24) is 15.3 Å². The molecule has 1 aliphatic heterocycles. The van der Waals surface area contributed by atoms with Gasteiger partial charge in [0.2, 0.25) is 5.95 Å². The second-order valence-electron chi connectivity index (χ2n) is 6.23. The van der Waals surface area contributed by atoms with Gasteiger partial charge in [-0.2, -0.15) is 5.26 Å². The van der Waals surface area contributed by atoms with Crippen molar-refractivity contribution < 1.29 is 4.39 Å². The molecule has 6 nitrogen and oxygen atoms in total. The molecule has 0 spiro atoms. The van der Waals surface area contributed by atoms with Crippen LogP contribution < -0.4 is 10.2 Å². The van der Waals surface area contributed by atoms with E-state index in [1.165, 1.54) is 6.21 Å². The van der Waals surface area contributed by atoms with Crippen molar-refractivity contribution in [3.05, 3.63) is 58.8 Å². The highest BCUT2D eigenvalue weighted by Crippen LogP contribution is 2.27. The smallest absolute Gasteiger partial charge is 0.225 e. The van der Waals surface area contributed by atoms with Crippen LogP contribution in [0.3, 0.4) is 0 Å². The Hall–Kier alpha value is -3.27. The minimum absolute atomic E-state index is 0.101. The minimum Gasteiger partial charge on any atom is -0.386 e. The minimum atomic E-state index is -0.463. The second kappa shape index (κ2) is 7.31. The molecule has 1 saturated heterocycles. The lowest BCUT2D eigenvalue weighted by Gasteiger charge is -2.22. The molecule has 132 valence electrons. The molecular formula is C19H19FN6. The lowest BCUT2D eigenvalue weighted by molar-refractivity contribution is 0.606. The summed E-state index contributed by atoms with van der Waals surface area (Å²) in [6.45, 7) is 2.62. The lowest BCUT2D eigenvalue weighted by atomic mass is 9.96. The van der Waals surface area contributed by atoms with Crippen LogP contribution in [0.5, 0.6) is 0 Å². The van der Waals surface area contributed by atoms with E-state index < -0.39 is 5.82 Å². The summed E-state index contributed by atoms with van der Waals surface area (Å²) in [5.74, 6) is 0.0000667. The van der Waals surface area contributed by atoms with Gasteiger partial charge in [-0.05, 0) is 30.2 Å². The van der Waals surface area contributed by atoms with Crippen molar-refractivity contribution in [2.75, 3.05) is 18.5 Å². The monoisotopic (exact) mass is 350 g/mol. The van der Waals surface area contributed by atoms with Crippen LogP contribution in [0.1, 0.15) is 23.1 Å². The maximum absolute atomic E-state index is 13.0. The van der Waals surface area contributed by atoms with E-state index in [4.69, 9.17) is 10.7 Å². The molecule has 0 aliphatic carbocycles. The zero-order valence-electron chi connectivity index (χ0n) is 14.6. The van der Waals surface area contributed by atoms with E-state index in [-0.39, 0.29) is 6.04 Å². The Morgan fingerprint density at radius 1 is 1.42 bits per heavy atom. The first kappa shape index (κ1) is 17.5. The summed E-state index contributed by atoms with van der Waals surface area (Å²) in [5.41, 5.74) is 4.26. The molecule has 2 heterocycles. The highest BCUT2D eigenvalue weighted by atomic mass is 19.1. The quantitative estimate of drug-likeness (QED) is 0.828. The summed E-state index contributed by atoms with van der Waals surface area (Å²) < 4.78 is 13.0. The summed E-state index contributed by atoms with van der Waals surface area (Å²) in [6, 6.07) is 7.69. The highest BCUT2D eigenvalue weighted by molar-refractivity contribution is 6.10. The predicted molar refractivity (Wildman–Crippen MR) is 98.4 cm³/mol. The van der Waals surface area contributed by atoms with Gasteiger partial charge in [-0.1, -0.05) is 6.07 Å². The number of allylic oxidation sites excluding steroid dienone is 1. The maximum atomic E-state index is 13.0. The Balaban J connectivity index is 1.86. The molecule has 1 aromatic carbocycles. The van der Waals surface area contributed by atoms with Crippen LogP contribution in [-0.4, -0.2) is 35.8 Å². The Bertz CT molecular complexity index is 897. The van der Waals surface area contributed by atoms with Gasteiger partial charge >= 0.3 is 0 Å². The zero-order chi connectivity index (χ0) is 18.7. The molecule has 0 saturated carbocycles. The normalized spacial score (nSPS) is 18.0. The average molecular weight is 350 g/mol. The van der Waals surface area contributed by atoms with Crippen LogP contribution in [0.15, 0.2) is 36.3 Å². The number of aromatic nitrogens is 2. The summed E-state index contributed by atoms with van der Waals surface area (Å²) in [5, 5.41) is 20.2. The summed E-state index contributed by atoms with van der Waals surface area (Å²) >= 11 is 0. The van der Waals surface area contributed by atoms with E-state index in [0.717, 1.165) is 34.8 Å². The van der Waals surface area contributed by atoms with Gasteiger partial charge < -0.3 is 15.6 Å². The zero-order valence-corrected chi connectivity index (χ0v) is 14.6. The van der Waals surface area contributed by atoms with Crippen LogP contribution in [0, 0.1) is 29.5 Å². The largest absolute Gasteiger partial charge is 0.386 e. The van der Waals surface area contributed by atoms with Crippen molar-refractivity contribution in [2.24, 2.45) is 0 Å². The number of rotatable bonds is 4. The fraction of sp³-hybridized carbons (Fsp3) is 0.263. The maximum Gasteiger partial charge on any atom is 0.225 e. The van der Waals surface area contributed by atoms with E-state index >= 15 is 0 Å². The van der Waals surface area contributed by atoms with Crippen LogP contribution in [0.2, 0.25) is 0 Å². The van der Waals surface area contributed by atoms with Crippen LogP contribution in [-0.2, 0) is 0 Å². The molecular weight excluding hydrogens is 331 g/mol. The number of halogens is 1. The number of aryl methyl sites for hydroxylation is 1. The lowest BCUT2D eigenvalue weighted by Crippen LogP contribution is -2.34. The first-order valence-electron chi connectivity index (χ1n) is 8.22. The molecule has 1 aromatic heterocycles.